The molecule has 1 aromatic carbocycles. The van der Waals surface area contributed by atoms with E-state index in [2.05, 4.69) is 0 Å². The van der Waals surface area contributed by atoms with E-state index in [1.54, 1.807) is 24.0 Å². The van der Waals surface area contributed by atoms with E-state index in [1.807, 2.05) is 45.0 Å². The summed E-state index contributed by atoms with van der Waals surface area (Å²) in [5.41, 5.74) is 2.37. The first-order valence-corrected chi connectivity index (χ1v) is 9.99. The molecular formula is C23H26ClNO4. The van der Waals surface area contributed by atoms with Crippen molar-refractivity contribution in [2.75, 3.05) is 19.7 Å². The van der Waals surface area contributed by atoms with Gasteiger partial charge in [0.05, 0.1) is 11.6 Å². The van der Waals surface area contributed by atoms with Gasteiger partial charge in [-0.1, -0.05) is 23.7 Å². The van der Waals surface area contributed by atoms with Crippen LogP contribution in [0.15, 0.2) is 53.0 Å². The molecule has 0 aliphatic heterocycles. The number of carbonyl (C=O) groups excluding carboxylic acids is 2. The number of esters is 1. The summed E-state index contributed by atoms with van der Waals surface area (Å²) in [4.78, 5) is 25.3. The third kappa shape index (κ3) is 6.09. The number of hydrogen-bond donors (Lipinski definition) is 0. The second kappa shape index (κ2) is 10.7. The van der Waals surface area contributed by atoms with E-state index in [9.17, 15) is 9.59 Å². The van der Waals surface area contributed by atoms with E-state index < -0.39 is 0 Å². The molecule has 0 N–H and O–H groups in total. The second-order valence-corrected chi connectivity index (χ2v) is 6.73. The SMILES string of the molecule is CCOC(=O)/C=C(\C)c1ccc2oc(/C(Cl)=C/C=C/C(=O)N(CC)CC)cc2c1. The van der Waals surface area contributed by atoms with Gasteiger partial charge in [-0.3, -0.25) is 4.79 Å². The highest BCUT2D eigenvalue weighted by Crippen LogP contribution is 2.29. The summed E-state index contributed by atoms with van der Waals surface area (Å²) in [6.45, 7) is 9.15. The van der Waals surface area contributed by atoms with E-state index in [0.29, 0.717) is 36.1 Å². The lowest BCUT2D eigenvalue weighted by atomic mass is 10.1. The number of amides is 1. The summed E-state index contributed by atoms with van der Waals surface area (Å²) < 4.78 is 10.7. The van der Waals surface area contributed by atoms with Crippen molar-refractivity contribution >= 4 is 45.1 Å². The van der Waals surface area contributed by atoms with E-state index in [4.69, 9.17) is 20.8 Å². The Morgan fingerprint density at radius 2 is 1.90 bits per heavy atom. The number of likely N-dealkylation sites (N-methyl/N-ethyl adjacent to an activating group) is 1. The molecule has 0 saturated carbocycles. The number of ether oxygens (including phenoxy) is 1. The molecule has 2 aromatic rings. The average Bonchev–Trinajstić information content (AvgIpc) is 3.12. The number of carbonyl (C=O) groups is 2. The summed E-state index contributed by atoms with van der Waals surface area (Å²) in [5, 5.41) is 1.26. The highest BCUT2D eigenvalue weighted by Gasteiger charge is 2.09. The van der Waals surface area contributed by atoms with Crippen molar-refractivity contribution in [1.82, 2.24) is 4.90 Å². The number of benzene rings is 1. The first-order chi connectivity index (χ1) is 13.9. The van der Waals surface area contributed by atoms with Crippen LogP contribution in [0.5, 0.6) is 0 Å². The van der Waals surface area contributed by atoms with Crippen molar-refractivity contribution in [3.63, 3.8) is 0 Å². The minimum atomic E-state index is -0.366. The second-order valence-electron chi connectivity index (χ2n) is 6.33. The maximum absolute atomic E-state index is 12.0. The largest absolute Gasteiger partial charge is 0.463 e. The van der Waals surface area contributed by atoms with Crippen molar-refractivity contribution < 1.29 is 18.7 Å². The van der Waals surface area contributed by atoms with Gasteiger partial charge in [0.25, 0.3) is 0 Å². The van der Waals surface area contributed by atoms with Crippen LogP contribution in [0.3, 0.4) is 0 Å². The Kier molecular flexibility index (Phi) is 8.28. The van der Waals surface area contributed by atoms with Crippen molar-refractivity contribution in [1.29, 1.82) is 0 Å². The molecule has 5 nitrogen and oxygen atoms in total. The van der Waals surface area contributed by atoms with E-state index in [-0.39, 0.29) is 11.9 Å². The zero-order valence-electron chi connectivity index (χ0n) is 17.2. The van der Waals surface area contributed by atoms with Gasteiger partial charge in [0, 0.05) is 30.6 Å². The fraction of sp³-hybridized carbons (Fsp3) is 0.304. The lowest BCUT2D eigenvalue weighted by molar-refractivity contribution is -0.137. The van der Waals surface area contributed by atoms with Crippen LogP contribution in [0.4, 0.5) is 0 Å². The minimum absolute atomic E-state index is 0.0613. The maximum atomic E-state index is 12.0. The van der Waals surface area contributed by atoms with Gasteiger partial charge < -0.3 is 14.1 Å². The molecule has 0 fully saturated rings. The summed E-state index contributed by atoms with van der Waals surface area (Å²) >= 11 is 6.33. The Morgan fingerprint density at radius 3 is 2.55 bits per heavy atom. The van der Waals surface area contributed by atoms with Crippen LogP contribution in [0, 0.1) is 0 Å². The van der Waals surface area contributed by atoms with Crippen LogP contribution in [0.25, 0.3) is 21.6 Å². The normalized spacial score (nSPS) is 12.6. The molecule has 0 aliphatic carbocycles. The monoisotopic (exact) mass is 415 g/mol. The number of halogens is 1. The quantitative estimate of drug-likeness (QED) is 0.329. The van der Waals surface area contributed by atoms with Gasteiger partial charge in [-0.05, 0) is 63.1 Å². The third-order valence-corrected chi connectivity index (χ3v) is 4.70. The standard InChI is InChI=1S/C23H26ClNO4/c1-5-25(6-2)22(26)10-8-9-19(24)21-15-18-14-17(11-12-20(18)29-21)16(4)13-23(27)28-7-3/h8-15H,5-7H2,1-4H3/b10-8+,16-13+,19-9-. The maximum Gasteiger partial charge on any atom is 0.331 e. The van der Waals surface area contributed by atoms with Crippen molar-refractivity contribution in [2.24, 2.45) is 0 Å². The molecule has 0 spiro atoms. The average molecular weight is 416 g/mol. The van der Waals surface area contributed by atoms with Gasteiger partial charge >= 0.3 is 5.97 Å². The smallest absolute Gasteiger partial charge is 0.331 e. The number of hydrogen-bond acceptors (Lipinski definition) is 4. The van der Waals surface area contributed by atoms with Gasteiger partial charge in [0.1, 0.15) is 11.3 Å². The molecule has 29 heavy (non-hydrogen) atoms. The molecule has 154 valence electrons. The van der Waals surface area contributed by atoms with Crippen molar-refractivity contribution in [3.05, 3.63) is 59.9 Å². The summed E-state index contributed by atoms with van der Waals surface area (Å²) in [7, 11) is 0. The number of nitrogens with zero attached hydrogens (tertiary/aromatic N) is 1. The van der Waals surface area contributed by atoms with Crippen LogP contribution >= 0.6 is 11.6 Å². The van der Waals surface area contributed by atoms with Gasteiger partial charge in [0.15, 0.2) is 0 Å². The summed E-state index contributed by atoms with van der Waals surface area (Å²) in [6.07, 6.45) is 6.21. The van der Waals surface area contributed by atoms with Crippen LogP contribution in [0.2, 0.25) is 0 Å². The molecule has 0 bridgehead atoms. The van der Waals surface area contributed by atoms with Crippen LogP contribution in [-0.2, 0) is 14.3 Å². The van der Waals surface area contributed by atoms with Gasteiger partial charge in [-0.2, -0.15) is 0 Å². The first kappa shape index (κ1) is 22.5. The highest BCUT2D eigenvalue weighted by molar-refractivity contribution is 6.48. The van der Waals surface area contributed by atoms with Crippen LogP contribution < -0.4 is 0 Å². The van der Waals surface area contributed by atoms with E-state index in [0.717, 1.165) is 16.5 Å². The topological polar surface area (TPSA) is 59.8 Å². The number of furan rings is 1. The Hall–Kier alpha value is -2.79. The molecule has 1 heterocycles. The number of allylic oxidation sites excluding steroid dienone is 3. The third-order valence-electron chi connectivity index (χ3n) is 4.38. The molecule has 2 rings (SSSR count). The molecule has 1 aromatic heterocycles. The zero-order chi connectivity index (χ0) is 21.4. The first-order valence-electron chi connectivity index (χ1n) is 9.61. The van der Waals surface area contributed by atoms with Crippen molar-refractivity contribution in [3.8, 4) is 0 Å². The summed E-state index contributed by atoms with van der Waals surface area (Å²) in [5.74, 6) is 0.0783. The Bertz CT molecular complexity index is 964. The number of rotatable bonds is 8. The van der Waals surface area contributed by atoms with Crippen LogP contribution in [0.1, 0.15) is 39.0 Å². The van der Waals surface area contributed by atoms with Gasteiger partial charge in [-0.25, -0.2) is 4.79 Å². The van der Waals surface area contributed by atoms with Gasteiger partial charge in [-0.15, -0.1) is 0 Å². The fourth-order valence-corrected chi connectivity index (χ4v) is 2.95. The Balaban J connectivity index is 2.20. The summed E-state index contributed by atoms with van der Waals surface area (Å²) in [6, 6.07) is 7.47. The Labute approximate surface area is 176 Å². The van der Waals surface area contributed by atoms with E-state index in [1.165, 1.54) is 12.2 Å². The molecule has 0 aliphatic rings. The molecule has 1 amide bonds. The highest BCUT2D eigenvalue weighted by atomic mass is 35.5. The van der Waals surface area contributed by atoms with Crippen LogP contribution in [-0.4, -0.2) is 36.5 Å². The zero-order valence-corrected chi connectivity index (χ0v) is 18.0. The molecule has 0 radical (unpaired) electrons. The van der Waals surface area contributed by atoms with Gasteiger partial charge in [0.2, 0.25) is 5.91 Å². The fourth-order valence-electron chi connectivity index (χ4n) is 2.79. The van der Waals surface area contributed by atoms with E-state index >= 15 is 0 Å². The molecule has 0 saturated heterocycles. The molecule has 0 atom stereocenters. The minimum Gasteiger partial charge on any atom is -0.463 e. The predicted molar refractivity (Wildman–Crippen MR) is 117 cm³/mol. The molecule has 0 unspecified atom stereocenters. The lowest BCUT2D eigenvalue weighted by Gasteiger charge is -2.15. The molecular weight excluding hydrogens is 390 g/mol. The molecule has 6 heteroatoms. The predicted octanol–water partition coefficient (Wildman–Crippen LogP) is 5.40. The lowest BCUT2D eigenvalue weighted by Crippen LogP contribution is -2.28. The Morgan fingerprint density at radius 1 is 1.17 bits per heavy atom. The van der Waals surface area contributed by atoms with Crippen molar-refractivity contribution in [2.45, 2.75) is 27.7 Å². The number of fused-ring (bicyclic) bond motifs is 1.